The summed E-state index contributed by atoms with van der Waals surface area (Å²) in [4.78, 5) is 25.2. The Bertz CT molecular complexity index is 582. The number of aliphatic carboxylic acids is 1. The zero-order chi connectivity index (χ0) is 16.1. The second-order valence-electron chi connectivity index (χ2n) is 5.70. The lowest BCUT2D eigenvalue weighted by Gasteiger charge is -2.30. The van der Waals surface area contributed by atoms with Crippen LogP contribution in [0.1, 0.15) is 30.1 Å². The van der Waals surface area contributed by atoms with E-state index in [9.17, 15) is 9.59 Å². The lowest BCUT2D eigenvalue weighted by Crippen LogP contribution is -2.42. The van der Waals surface area contributed by atoms with E-state index in [2.05, 4.69) is 6.58 Å². The van der Waals surface area contributed by atoms with Crippen molar-refractivity contribution in [3.63, 3.8) is 0 Å². The van der Waals surface area contributed by atoms with E-state index in [-0.39, 0.29) is 12.5 Å². The molecule has 1 aliphatic rings. The van der Waals surface area contributed by atoms with Gasteiger partial charge < -0.3 is 14.7 Å². The summed E-state index contributed by atoms with van der Waals surface area (Å²) in [5, 5.41) is 9.11. The number of ether oxygens (including phenoxy) is 1. The average Bonchev–Trinajstić information content (AvgIpc) is 2.52. The quantitative estimate of drug-likeness (QED) is 0.849. The first-order valence-corrected chi connectivity index (χ1v) is 7.36. The number of nitrogens with zero attached hydrogens (tertiary/aromatic N) is 1. The molecule has 0 aliphatic carbocycles. The van der Waals surface area contributed by atoms with Gasteiger partial charge in [0.25, 0.3) is 5.91 Å². The topological polar surface area (TPSA) is 66.8 Å². The lowest BCUT2D eigenvalue weighted by molar-refractivity contribution is -0.143. The Morgan fingerprint density at radius 2 is 2.23 bits per heavy atom. The van der Waals surface area contributed by atoms with Gasteiger partial charge in [0, 0.05) is 18.7 Å². The molecule has 1 aromatic rings. The SMILES string of the molecule is C=C(C)COc1cccc(C(=O)N2CCCC(C(=O)O)C2)c1. The van der Waals surface area contributed by atoms with Crippen molar-refractivity contribution in [3.05, 3.63) is 42.0 Å². The first-order valence-electron chi connectivity index (χ1n) is 7.36. The Balaban J connectivity index is 2.07. The van der Waals surface area contributed by atoms with Gasteiger partial charge in [0.2, 0.25) is 0 Å². The summed E-state index contributed by atoms with van der Waals surface area (Å²) < 4.78 is 5.54. The molecule has 2 rings (SSSR count). The summed E-state index contributed by atoms with van der Waals surface area (Å²) in [6, 6.07) is 6.96. The number of amides is 1. The Morgan fingerprint density at radius 3 is 2.91 bits per heavy atom. The van der Waals surface area contributed by atoms with Crippen molar-refractivity contribution >= 4 is 11.9 Å². The van der Waals surface area contributed by atoms with Crippen molar-refractivity contribution in [1.82, 2.24) is 4.90 Å². The summed E-state index contributed by atoms with van der Waals surface area (Å²) in [5.41, 5.74) is 1.42. The van der Waals surface area contributed by atoms with E-state index in [1.54, 1.807) is 29.2 Å². The van der Waals surface area contributed by atoms with Crippen molar-refractivity contribution in [2.75, 3.05) is 19.7 Å². The van der Waals surface area contributed by atoms with Crippen molar-refractivity contribution in [2.24, 2.45) is 5.92 Å². The van der Waals surface area contributed by atoms with Gasteiger partial charge in [-0.1, -0.05) is 12.6 Å². The fraction of sp³-hybridized carbons (Fsp3) is 0.412. The molecule has 1 fully saturated rings. The highest BCUT2D eigenvalue weighted by Crippen LogP contribution is 2.21. The van der Waals surface area contributed by atoms with Crippen LogP contribution in [0.3, 0.4) is 0 Å². The van der Waals surface area contributed by atoms with Crippen molar-refractivity contribution in [2.45, 2.75) is 19.8 Å². The van der Waals surface area contributed by atoms with Crippen LogP contribution in [0.2, 0.25) is 0 Å². The van der Waals surface area contributed by atoms with E-state index in [1.807, 2.05) is 6.92 Å². The molecule has 22 heavy (non-hydrogen) atoms. The second kappa shape index (κ2) is 7.11. The molecule has 1 heterocycles. The summed E-state index contributed by atoms with van der Waals surface area (Å²) in [5.74, 6) is -0.844. The van der Waals surface area contributed by atoms with E-state index in [1.165, 1.54) is 0 Å². The van der Waals surface area contributed by atoms with Crippen LogP contribution in [0.4, 0.5) is 0 Å². The van der Waals surface area contributed by atoms with Crippen LogP contribution in [0.25, 0.3) is 0 Å². The Hall–Kier alpha value is -2.30. The molecule has 0 bridgehead atoms. The number of rotatable bonds is 5. The normalized spacial score (nSPS) is 17.9. The Kier molecular flexibility index (Phi) is 5.20. The first kappa shape index (κ1) is 16.1. The number of carbonyl (C=O) groups is 2. The van der Waals surface area contributed by atoms with Gasteiger partial charge in [-0.15, -0.1) is 0 Å². The molecular weight excluding hydrogens is 282 g/mol. The highest BCUT2D eigenvalue weighted by Gasteiger charge is 2.28. The van der Waals surface area contributed by atoms with Crippen LogP contribution in [0.5, 0.6) is 5.75 Å². The highest BCUT2D eigenvalue weighted by atomic mass is 16.5. The molecule has 0 radical (unpaired) electrons. The van der Waals surface area contributed by atoms with E-state index in [0.29, 0.717) is 37.3 Å². The minimum absolute atomic E-state index is 0.147. The largest absolute Gasteiger partial charge is 0.489 e. The number of carboxylic acid groups (broad SMARTS) is 1. The molecule has 1 amide bonds. The zero-order valence-electron chi connectivity index (χ0n) is 12.7. The van der Waals surface area contributed by atoms with Crippen molar-refractivity contribution in [1.29, 1.82) is 0 Å². The van der Waals surface area contributed by atoms with Gasteiger partial charge in [-0.3, -0.25) is 9.59 Å². The molecule has 0 spiro atoms. The predicted octanol–water partition coefficient (Wildman–Crippen LogP) is 2.58. The molecule has 1 unspecified atom stereocenters. The molecule has 118 valence electrons. The fourth-order valence-corrected chi connectivity index (χ4v) is 2.47. The predicted molar refractivity (Wildman–Crippen MR) is 83.0 cm³/mol. The Labute approximate surface area is 130 Å². The Morgan fingerprint density at radius 1 is 1.45 bits per heavy atom. The number of hydrogen-bond acceptors (Lipinski definition) is 3. The van der Waals surface area contributed by atoms with Crippen LogP contribution in [0.15, 0.2) is 36.4 Å². The monoisotopic (exact) mass is 303 g/mol. The molecule has 5 nitrogen and oxygen atoms in total. The van der Waals surface area contributed by atoms with E-state index in [0.717, 1.165) is 5.57 Å². The van der Waals surface area contributed by atoms with Crippen LogP contribution in [0, 0.1) is 5.92 Å². The van der Waals surface area contributed by atoms with E-state index < -0.39 is 11.9 Å². The third-order valence-corrected chi connectivity index (χ3v) is 3.62. The summed E-state index contributed by atoms with van der Waals surface area (Å²) in [7, 11) is 0. The highest BCUT2D eigenvalue weighted by molar-refractivity contribution is 5.95. The minimum atomic E-state index is -0.837. The maximum absolute atomic E-state index is 12.5. The zero-order valence-corrected chi connectivity index (χ0v) is 12.7. The molecule has 0 aromatic heterocycles. The van der Waals surface area contributed by atoms with Crippen LogP contribution >= 0.6 is 0 Å². The summed E-state index contributed by atoms with van der Waals surface area (Å²) in [6.07, 6.45) is 1.34. The molecule has 1 aromatic carbocycles. The van der Waals surface area contributed by atoms with Gasteiger partial charge in [-0.2, -0.15) is 0 Å². The number of benzene rings is 1. The number of carboxylic acids is 1. The van der Waals surface area contributed by atoms with Gasteiger partial charge in [-0.05, 0) is 43.5 Å². The standard InChI is InChI=1S/C17H21NO4/c1-12(2)11-22-15-7-3-5-13(9-15)16(19)18-8-4-6-14(10-18)17(20)21/h3,5,7,9,14H,1,4,6,8,10-11H2,2H3,(H,20,21). The molecule has 5 heteroatoms. The van der Waals surface area contributed by atoms with Crippen molar-refractivity contribution in [3.8, 4) is 5.75 Å². The first-order chi connectivity index (χ1) is 10.5. The minimum Gasteiger partial charge on any atom is -0.489 e. The van der Waals surface area contributed by atoms with Crippen LogP contribution in [-0.4, -0.2) is 41.6 Å². The van der Waals surface area contributed by atoms with Gasteiger partial charge in [0.05, 0.1) is 5.92 Å². The molecule has 0 saturated carbocycles. The third-order valence-electron chi connectivity index (χ3n) is 3.62. The van der Waals surface area contributed by atoms with Crippen LogP contribution in [-0.2, 0) is 4.79 Å². The molecular formula is C17H21NO4. The number of piperidine rings is 1. The number of likely N-dealkylation sites (tertiary alicyclic amines) is 1. The molecule has 1 aliphatic heterocycles. The second-order valence-corrected chi connectivity index (χ2v) is 5.70. The number of carbonyl (C=O) groups excluding carboxylic acids is 1. The maximum Gasteiger partial charge on any atom is 0.308 e. The summed E-state index contributed by atoms with van der Waals surface area (Å²) >= 11 is 0. The van der Waals surface area contributed by atoms with Gasteiger partial charge in [0.15, 0.2) is 0 Å². The molecule has 1 N–H and O–H groups in total. The van der Waals surface area contributed by atoms with Crippen LogP contribution < -0.4 is 4.74 Å². The van der Waals surface area contributed by atoms with E-state index in [4.69, 9.17) is 9.84 Å². The number of hydrogen-bond donors (Lipinski definition) is 1. The average molecular weight is 303 g/mol. The lowest BCUT2D eigenvalue weighted by atomic mass is 9.97. The third kappa shape index (κ3) is 4.10. The van der Waals surface area contributed by atoms with Gasteiger partial charge in [0.1, 0.15) is 12.4 Å². The van der Waals surface area contributed by atoms with Crippen molar-refractivity contribution < 1.29 is 19.4 Å². The molecule has 1 saturated heterocycles. The van der Waals surface area contributed by atoms with Gasteiger partial charge >= 0.3 is 5.97 Å². The van der Waals surface area contributed by atoms with E-state index >= 15 is 0 Å². The summed E-state index contributed by atoms with van der Waals surface area (Å²) in [6.45, 7) is 6.91. The van der Waals surface area contributed by atoms with Gasteiger partial charge in [-0.25, -0.2) is 0 Å². The fourth-order valence-electron chi connectivity index (χ4n) is 2.47. The maximum atomic E-state index is 12.5. The smallest absolute Gasteiger partial charge is 0.308 e. The molecule has 1 atom stereocenters.